The molecule has 1 heterocycles. The van der Waals surface area contributed by atoms with Crippen LogP contribution in [0.25, 0.3) is 0 Å². The minimum atomic E-state index is -4.25. The van der Waals surface area contributed by atoms with Crippen molar-refractivity contribution in [3.8, 4) is 0 Å². The first-order chi connectivity index (χ1) is 8.91. The van der Waals surface area contributed by atoms with E-state index in [1.165, 1.54) is 6.08 Å². The predicted octanol–water partition coefficient (Wildman–Crippen LogP) is 1.81. The van der Waals surface area contributed by atoms with Crippen molar-refractivity contribution in [3.05, 3.63) is 59.2 Å². The Labute approximate surface area is 113 Å². The van der Waals surface area contributed by atoms with E-state index in [2.05, 4.69) is 0 Å². The third-order valence-electron chi connectivity index (χ3n) is 2.91. The second-order valence-corrected chi connectivity index (χ2v) is 5.85. The van der Waals surface area contributed by atoms with E-state index in [0.717, 1.165) is 5.56 Å². The summed E-state index contributed by atoms with van der Waals surface area (Å²) < 4.78 is 32.5. The average molecular weight is 280 g/mol. The number of allylic oxidation sites excluding steroid dienone is 2. The lowest BCUT2D eigenvalue weighted by atomic mass is 10.0. The maximum absolute atomic E-state index is 11.5. The first kappa shape index (κ1) is 13.8. The fourth-order valence-corrected chi connectivity index (χ4v) is 2.85. The van der Waals surface area contributed by atoms with Gasteiger partial charge in [-0.05, 0) is 17.7 Å². The van der Waals surface area contributed by atoms with Crippen LogP contribution in [0.5, 0.6) is 0 Å². The SMILES string of the molecule is CN(C)N1C=CC=C(S(=O)(=O)O)C1c1ccccc1. The molecular weight excluding hydrogens is 264 g/mol. The highest BCUT2D eigenvalue weighted by molar-refractivity contribution is 7.89. The number of benzene rings is 1. The number of hydrogen-bond acceptors (Lipinski definition) is 4. The summed E-state index contributed by atoms with van der Waals surface area (Å²) in [6.07, 6.45) is 4.79. The van der Waals surface area contributed by atoms with Gasteiger partial charge in [-0.3, -0.25) is 4.55 Å². The van der Waals surface area contributed by atoms with Crippen LogP contribution in [0.15, 0.2) is 53.6 Å². The van der Waals surface area contributed by atoms with Gasteiger partial charge in [-0.15, -0.1) is 0 Å². The van der Waals surface area contributed by atoms with E-state index in [1.54, 1.807) is 22.3 Å². The Morgan fingerprint density at radius 1 is 1.21 bits per heavy atom. The highest BCUT2D eigenvalue weighted by atomic mass is 32.2. The predicted molar refractivity (Wildman–Crippen MR) is 73.5 cm³/mol. The van der Waals surface area contributed by atoms with Crippen molar-refractivity contribution in [2.45, 2.75) is 6.04 Å². The molecule has 0 aromatic heterocycles. The molecular formula is C13H16N2O3S. The highest BCUT2D eigenvalue weighted by Gasteiger charge is 2.32. The molecule has 1 N–H and O–H groups in total. The molecule has 1 atom stereocenters. The minimum absolute atomic E-state index is 0.0325. The first-order valence-electron chi connectivity index (χ1n) is 5.77. The lowest BCUT2D eigenvalue weighted by molar-refractivity contribution is 0.0495. The van der Waals surface area contributed by atoms with Gasteiger partial charge in [-0.2, -0.15) is 8.42 Å². The van der Waals surface area contributed by atoms with Crippen LogP contribution in [0, 0.1) is 0 Å². The molecule has 19 heavy (non-hydrogen) atoms. The maximum Gasteiger partial charge on any atom is 0.293 e. The average Bonchev–Trinajstić information content (AvgIpc) is 2.37. The molecule has 1 aromatic carbocycles. The normalized spacial score (nSPS) is 19.7. The Hall–Kier alpha value is -1.63. The van der Waals surface area contributed by atoms with Crippen LogP contribution in [0.2, 0.25) is 0 Å². The molecule has 0 radical (unpaired) electrons. The van der Waals surface area contributed by atoms with Crippen LogP contribution >= 0.6 is 0 Å². The number of hydrazine groups is 1. The Bertz CT molecular complexity index is 606. The Morgan fingerprint density at radius 3 is 2.37 bits per heavy atom. The molecule has 0 amide bonds. The van der Waals surface area contributed by atoms with Crippen molar-refractivity contribution < 1.29 is 13.0 Å². The number of nitrogens with zero attached hydrogens (tertiary/aromatic N) is 2. The second kappa shape index (κ2) is 5.16. The summed E-state index contributed by atoms with van der Waals surface area (Å²) in [7, 11) is -0.623. The van der Waals surface area contributed by atoms with Gasteiger partial charge in [-0.1, -0.05) is 30.3 Å². The van der Waals surface area contributed by atoms with Gasteiger partial charge in [0.15, 0.2) is 0 Å². The summed E-state index contributed by atoms with van der Waals surface area (Å²) in [5, 5.41) is 3.52. The van der Waals surface area contributed by atoms with Crippen LogP contribution < -0.4 is 0 Å². The summed E-state index contributed by atoms with van der Waals surface area (Å²) in [6, 6.07) is 8.64. The van der Waals surface area contributed by atoms with E-state index in [1.807, 2.05) is 44.4 Å². The fraction of sp³-hybridized carbons (Fsp3) is 0.231. The van der Waals surface area contributed by atoms with Crippen molar-refractivity contribution in [2.75, 3.05) is 14.1 Å². The van der Waals surface area contributed by atoms with Gasteiger partial charge in [0.2, 0.25) is 0 Å². The molecule has 1 aliphatic rings. The maximum atomic E-state index is 11.5. The largest absolute Gasteiger partial charge is 0.301 e. The van der Waals surface area contributed by atoms with Crippen molar-refractivity contribution in [2.24, 2.45) is 0 Å². The van der Waals surface area contributed by atoms with Crippen LogP contribution in [0.1, 0.15) is 11.6 Å². The zero-order valence-corrected chi connectivity index (χ0v) is 11.6. The smallest absolute Gasteiger partial charge is 0.293 e. The third-order valence-corrected chi connectivity index (χ3v) is 3.86. The van der Waals surface area contributed by atoms with Crippen molar-refractivity contribution in [1.82, 2.24) is 10.0 Å². The first-order valence-corrected chi connectivity index (χ1v) is 7.21. The van der Waals surface area contributed by atoms with Crippen molar-refractivity contribution in [3.63, 3.8) is 0 Å². The van der Waals surface area contributed by atoms with Crippen molar-refractivity contribution >= 4 is 10.1 Å². The Morgan fingerprint density at radius 2 is 1.84 bits per heavy atom. The van der Waals surface area contributed by atoms with E-state index in [9.17, 15) is 13.0 Å². The lowest BCUT2D eigenvalue weighted by Crippen LogP contribution is -2.39. The third kappa shape index (κ3) is 2.86. The molecule has 1 aromatic rings. The van der Waals surface area contributed by atoms with E-state index in [-0.39, 0.29) is 4.91 Å². The summed E-state index contributed by atoms with van der Waals surface area (Å²) in [4.78, 5) is -0.0325. The molecule has 0 fully saturated rings. The molecule has 1 unspecified atom stereocenters. The van der Waals surface area contributed by atoms with Gasteiger partial charge < -0.3 is 5.01 Å². The van der Waals surface area contributed by atoms with Gasteiger partial charge >= 0.3 is 0 Å². The van der Waals surface area contributed by atoms with E-state index < -0.39 is 16.2 Å². The molecule has 102 valence electrons. The summed E-state index contributed by atoms with van der Waals surface area (Å²) in [6.45, 7) is 0. The highest BCUT2D eigenvalue weighted by Crippen LogP contribution is 2.34. The zero-order chi connectivity index (χ0) is 14.0. The van der Waals surface area contributed by atoms with E-state index in [4.69, 9.17) is 0 Å². The molecule has 0 aliphatic carbocycles. The molecule has 1 aliphatic heterocycles. The summed E-state index contributed by atoms with van der Waals surface area (Å²) in [5.74, 6) is 0. The molecule has 6 heteroatoms. The van der Waals surface area contributed by atoms with Gasteiger partial charge in [0.25, 0.3) is 10.1 Å². The fourth-order valence-electron chi connectivity index (χ4n) is 2.08. The number of hydrogen-bond donors (Lipinski definition) is 1. The number of rotatable bonds is 3. The van der Waals surface area contributed by atoms with Gasteiger partial charge in [0, 0.05) is 20.3 Å². The second-order valence-electron chi connectivity index (χ2n) is 4.43. The van der Waals surface area contributed by atoms with Gasteiger partial charge in [0.1, 0.15) is 6.04 Å². The zero-order valence-electron chi connectivity index (χ0n) is 10.8. The van der Waals surface area contributed by atoms with Gasteiger partial charge in [0.05, 0.1) is 4.91 Å². The topological polar surface area (TPSA) is 60.9 Å². The van der Waals surface area contributed by atoms with Gasteiger partial charge in [-0.25, -0.2) is 5.01 Å². The summed E-state index contributed by atoms with van der Waals surface area (Å²) in [5.41, 5.74) is 0.796. The van der Waals surface area contributed by atoms with E-state index in [0.29, 0.717) is 0 Å². The Kier molecular flexibility index (Phi) is 3.75. The quantitative estimate of drug-likeness (QED) is 0.856. The van der Waals surface area contributed by atoms with Crippen molar-refractivity contribution in [1.29, 1.82) is 0 Å². The van der Waals surface area contributed by atoms with E-state index >= 15 is 0 Å². The molecule has 2 rings (SSSR count). The molecule has 0 bridgehead atoms. The Balaban J connectivity index is 2.54. The van der Waals surface area contributed by atoms with Crippen LogP contribution in [-0.4, -0.2) is 37.1 Å². The lowest BCUT2D eigenvalue weighted by Gasteiger charge is -2.37. The molecule has 0 saturated heterocycles. The molecule has 0 saturated carbocycles. The summed E-state index contributed by atoms with van der Waals surface area (Å²) >= 11 is 0. The monoisotopic (exact) mass is 280 g/mol. The molecule has 0 spiro atoms. The standard InChI is InChI=1S/C13H16N2O3S/c1-14(2)15-10-6-9-12(19(16,17)18)13(15)11-7-4-3-5-8-11/h3-10,13H,1-2H3,(H,16,17,18). The van der Waals surface area contributed by atoms with Crippen LogP contribution in [0.4, 0.5) is 0 Å². The van der Waals surface area contributed by atoms with Crippen LogP contribution in [0.3, 0.4) is 0 Å². The van der Waals surface area contributed by atoms with Crippen LogP contribution in [-0.2, 0) is 10.1 Å². The molecule has 5 nitrogen and oxygen atoms in total. The minimum Gasteiger partial charge on any atom is -0.301 e.